The van der Waals surface area contributed by atoms with Crippen molar-refractivity contribution in [3.05, 3.63) is 28.8 Å². The van der Waals surface area contributed by atoms with Crippen molar-refractivity contribution < 1.29 is 4.79 Å². The molecule has 94 valence electrons. The number of halogens is 1. The second-order valence-corrected chi connectivity index (χ2v) is 5.29. The van der Waals surface area contributed by atoms with E-state index in [9.17, 15) is 4.79 Å². The molecule has 0 saturated carbocycles. The summed E-state index contributed by atoms with van der Waals surface area (Å²) >= 11 is 10.2. The molecule has 2 nitrogen and oxygen atoms in total. The van der Waals surface area contributed by atoms with Gasteiger partial charge in [0, 0.05) is 18.5 Å². The van der Waals surface area contributed by atoms with E-state index >= 15 is 0 Å². The van der Waals surface area contributed by atoms with E-state index in [4.69, 9.17) is 11.6 Å². The molecule has 0 aromatic heterocycles. The third-order valence-corrected chi connectivity index (χ3v) is 3.42. The van der Waals surface area contributed by atoms with Crippen LogP contribution in [0.5, 0.6) is 0 Å². The van der Waals surface area contributed by atoms with Crippen LogP contribution in [0.15, 0.2) is 23.1 Å². The van der Waals surface area contributed by atoms with Crippen LogP contribution >= 0.6 is 24.2 Å². The zero-order valence-electron chi connectivity index (χ0n) is 10.4. The maximum atomic E-state index is 12.2. The zero-order valence-corrected chi connectivity index (χ0v) is 12.1. The highest BCUT2D eigenvalue weighted by Gasteiger charge is 2.16. The molecule has 1 unspecified atom stereocenters. The van der Waals surface area contributed by atoms with Crippen molar-refractivity contribution in [2.75, 3.05) is 13.6 Å². The Morgan fingerprint density at radius 1 is 1.53 bits per heavy atom. The van der Waals surface area contributed by atoms with Crippen molar-refractivity contribution >= 4 is 30.1 Å². The fraction of sp³-hybridized carbons (Fsp3) is 0.462. The number of hydrogen-bond acceptors (Lipinski definition) is 2. The molecule has 4 heteroatoms. The first kappa shape index (κ1) is 14.4. The van der Waals surface area contributed by atoms with Gasteiger partial charge < -0.3 is 4.90 Å². The number of hydrogen-bond donors (Lipinski definition) is 1. The third kappa shape index (κ3) is 3.93. The Labute approximate surface area is 113 Å². The lowest BCUT2D eigenvalue weighted by Crippen LogP contribution is -2.31. The highest BCUT2D eigenvalue weighted by Crippen LogP contribution is 2.21. The first-order chi connectivity index (χ1) is 7.95. The predicted octanol–water partition coefficient (Wildman–Crippen LogP) is 3.75. The van der Waals surface area contributed by atoms with Crippen molar-refractivity contribution in [1.82, 2.24) is 4.90 Å². The second-order valence-electron chi connectivity index (χ2n) is 4.36. The van der Waals surface area contributed by atoms with Gasteiger partial charge in [0.05, 0.1) is 10.6 Å². The standard InChI is InChI=1S/C13H18ClNOS/c1-4-9(2)8-15(3)13(16)11-7-10(17)5-6-12(11)14/h5-7,9,17H,4,8H2,1-3H3. The SMILES string of the molecule is CCC(C)CN(C)C(=O)c1cc(S)ccc1Cl. The average Bonchev–Trinajstić information content (AvgIpc) is 2.31. The van der Waals surface area contributed by atoms with E-state index in [1.165, 1.54) is 0 Å². The molecule has 0 radical (unpaired) electrons. The second kappa shape index (κ2) is 6.31. The predicted molar refractivity (Wildman–Crippen MR) is 75.1 cm³/mol. The summed E-state index contributed by atoms with van der Waals surface area (Å²) in [7, 11) is 1.80. The van der Waals surface area contributed by atoms with Crippen LogP contribution in [0.1, 0.15) is 30.6 Å². The molecule has 1 aromatic rings. The van der Waals surface area contributed by atoms with E-state index in [2.05, 4.69) is 26.5 Å². The van der Waals surface area contributed by atoms with Gasteiger partial charge in [0.2, 0.25) is 0 Å². The van der Waals surface area contributed by atoms with E-state index in [-0.39, 0.29) is 5.91 Å². The average molecular weight is 272 g/mol. The highest BCUT2D eigenvalue weighted by atomic mass is 35.5. The Morgan fingerprint density at radius 3 is 2.76 bits per heavy atom. The number of carbonyl (C=O) groups excluding carboxylic acids is 1. The van der Waals surface area contributed by atoms with Crippen molar-refractivity contribution in [3.8, 4) is 0 Å². The van der Waals surface area contributed by atoms with Gasteiger partial charge in [0.1, 0.15) is 0 Å². The Kier molecular flexibility index (Phi) is 5.34. The molecule has 0 spiro atoms. The highest BCUT2D eigenvalue weighted by molar-refractivity contribution is 7.80. The van der Waals surface area contributed by atoms with Crippen molar-refractivity contribution in [2.45, 2.75) is 25.2 Å². The first-order valence-electron chi connectivity index (χ1n) is 5.69. The van der Waals surface area contributed by atoms with E-state index in [1.54, 1.807) is 30.1 Å². The lowest BCUT2D eigenvalue weighted by molar-refractivity contribution is 0.0775. The molecule has 0 aliphatic rings. The van der Waals surface area contributed by atoms with E-state index in [0.29, 0.717) is 16.5 Å². The normalized spacial score (nSPS) is 12.3. The molecule has 1 atom stereocenters. The van der Waals surface area contributed by atoms with Crippen molar-refractivity contribution in [2.24, 2.45) is 5.92 Å². The maximum Gasteiger partial charge on any atom is 0.255 e. The summed E-state index contributed by atoms with van der Waals surface area (Å²) in [6.07, 6.45) is 1.05. The van der Waals surface area contributed by atoms with Gasteiger partial charge in [-0.25, -0.2) is 0 Å². The Hall–Kier alpha value is -0.670. The van der Waals surface area contributed by atoms with Gasteiger partial charge in [0.25, 0.3) is 5.91 Å². The van der Waals surface area contributed by atoms with Crippen LogP contribution in [0, 0.1) is 5.92 Å². The number of benzene rings is 1. The van der Waals surface area contributed by atoms with Gasteiger partial charge in [-0.05, 0) is 24.1 Å². The molecular formula is C13H18ClNOS. The zero-order chi connectivity index (χ0) is 13.0. The summed E-state index contributed by atoms with van der Waals surface area (Å²) in [6.45, 7) is 4.98. The molecule has 0 saturated heterocycles. The van der Waals surface area contributed by atoms with Crippen LogP contribution in [0.4, 0.5) is 0 Å². The van der Waals surface area contributed by atoms with Crippen LogP contribution in [-0.4, -0.2) is 24.4 Å². The number of rotatable bonds is 4. The number of nitrogens with zero attached hydrogens (tertiary/aromatic N) is 1. The van der Waals surface area contributed by atoms with Crippen LogP contribution in [0.3, 0.4) is 0 Å². The fourth-order valence-corrected chi connectivity index (χ4v) is 1.96. The summed E-state index contributed by atoms with van der Waals surface area (Å²) in [5.74, 6) is 0.438. The summed E-state index contributed by atoms with van der Waals surface area (Å²) < 4.78 is 0. The van der Waals surface area contributed by atoms with Crippen molar-refractivity contribution in [1.29, 1.82) is 0 Å². The third-order valence-electron chi connectivity index (χ3n) is 2.81. The molecule has 0 fully saturated rings. The minimum absolute atomic E-state index is 0.0498. The molecule has 0 bridgehead atoms. The molecule has 0 N–H and O–H groups in total. The molecule has 17 heavy (non-hydrogen) atoms. The summed E-state index contributed by atoms with van der Waals surface area (Å²) in [4.78, 5) is 14.6. The van der Waals surface area contributed by atoms with Gasteiger partial charge >= 0.3 is 0 Å². The largest absolute Gasteiger partial charge is 0.341 e. The van der Waals surface area contributed by atoms with Gasteiger partial charge in [-0.1, -0.05) is 31.9 Å². The Balaban J connectivity index is 2.85. The maximum absolute atomic E-state index is 12.2. The molecule has 0 heterocycles. The molecule has 0 aliphatic carbocycles. The van der Waals surface area contributed by atoms with Crippen LogP contribution in [0.2, 0.25) is 5.02 Å². The van der Waals surface area contributed by atoms with Gasteiger partial charge in [-0.2, -0.15) is 0 Å². The smallest absolute Gasteiger partial charge is 0.255 e. The van der Waals surface area contributed by atoms with E-state index < -0.39 is 0 Å². The van der Waals surface area contributed by atoms with Crippen molar-refractivity contribution in [3.63, 3.8) is 0 Å². The summed E-state index contributed by atoms with van der Waals surface area (Å²) in [6, 6.07) is 5.19. The van der Waals surface area contributed by atoms with Gasteiger partial charge in [0.15, 0.2) is 0 Å². The molecule has 1 rings (SSSR count). The number of thiol groups is 1. The number of amides is 1. The molecule has 1 amide bonds. The summed E-state index contributed by atoms with van der Waals surface area (Å²) in [5.41, 5.74) is 0.518. The monoisotopic (exact) mass is 271 g/mol. The van der Waals surface area contributed by atoms with Crippen LogP contribution in [-0.2, 0) is 0 Å². The topological polar surface area (TPSA) is 20.3 Å². The molecule has 0 aliphatic heterocycles. The first-order valence-corrected chi connectivity index (χ1v) is 6.52. The Bertz CT molecular complexity index is 408. The van der Waals surface area contributed by atoms with E-state index in [0.717, 1.165) is 17.9 Å². The molecular weight excluding hydrogens is 254 g/mol. The van der Waals surface area contributed by atoms with Gasteiger partial charge in [-0.15, -0.1) is 12.6 Å². The fourth-order valence-electron chi connectivity index (χ4n) is 1.56. The van der Waals surface area contributed by atoms with E-state index in [1.807, 2.05) is 0 Å². The number of carbonyl (C=O) groups is 1. The Morgan fingerprint density at radius 2 is 2.18 bits per heavy atom. The quantitative estimate of drug-likeness (QED) is 0.827. The lowest BCUT2D eigenvalue weighted by Gasteiger charge is -2.21. The van der Waals surface area contributed by atoms with Crippen LogP contribution in [0.25, 0.3) is 0 Å². The minimum Gasteiger partial charge on any atom is -0.341 e. The molecule has 1 aromatic carbocycles. The summed E-state index contributed by atoms with van der Waals surface area (Å²) in [5, 5.41) is 0.476. The minimum atomic E-state index is -0.0498. The van der Waals surface area contributed by atoms with Gasteiger partial charge in [-0.3, -0.25) is 4.79 Å². The lowest BCUT2D eigenvalue weighted by atomic mass is 10.1. The van der Waals surface area contributed by atoms with Crippen LogP contribution < -0.4 is 0 Å².